The van der Waals surface area contributed by atoms with Crippen LogP contribution in [0.2, 0.25) is 0 Å². The SMILES string of the molecule is CC1(c2cccc3c2C2(c4ccccc4-c4ccccc42)c2ccccc2C32c3ccccc3-c3ccccc32)C=CC(c2ccccn2)=CC1. The van der Waals surface area contributed by atoms with Crippen LogP contribution in [0.3, 0.4) is 0 Å². The summed E-state index contributed by atoms with van der Waals surface area (Å²) < 4.78 is 0. The van der Waals surface area contributed by atoms with Crippen LogP contribution in [0.1, 0.15) is 69.1 Å². The van der Waals surface area contributed by atoms with Gasteiger partial charge in [-0.2, -0.15) is 0 Å². The topological polar surface area (TPSA) is 12.9 Å². The number of hydrogen-bond donors (Lipinski definition) is 0. The minimum Gasteiger partial charge on any atom is -0.256 e. The molecule has 4 aliphatic carbocycles. The molecule has 2 spiro atoms. The van der Waals surface area contributed by atoms with Gasteiger partial charge >= 0.3 is 0 Å². The molecule has 11 rings (SSSR count). The van der Waals surface area contributed by atoms with Crippen molar-refractivity contribution in [1.29, 1.82) is 0 Å². The fraction of sp³-hybridized carbons (Fsp3) is 0.100. The number of aromatic nitrogens is 1. The Bertz CT molecular complexity index is 2550. The molecule has 1 nitrogen and oxygen atoms in total. The first-order valence-electron chi connectivity index (χ1n) is 18.1. The van der Waals surface area contributed by atoms with Crippen molar-refractivity contribution in [2.75, 3.05) is 0 Å². The van der Waals surface area contributed by atoms with E-state index in [2.05, 4.69) is 177 Å². The molecule has 0 bridgehead atoms. The van der Waals surface area contributed by atoms with Crippen molar-refractivity contribution in [2.24, 2.45) is 0 Å². The Morgan fingerprint density at radius 3 is 1.39 bits per heavy atom. The van der Waals surface area contributed by atoms with E-state index in [1.165, 1.54) is 77.9 Å². The first-order valence-corrected chi connectivity index (χ1v) is 18.1. The second-order valence-corrected chi connectivity index (χ2v) is 14.8. The van der Waals surface area contributed by atoms with Gasteiger partial charge in [-0.15, -0.1) is 0 Å². The van der Waals surface area contributed by atoms with Crippen LogP contribution in [0.25, 0.3) is 27.8 Å². The fourth-order valence-corrected chi connectivity index (χ4v) is 10.4. The summed E-state index contributed by atoms with van der Waals surface area (Å²) in [6.45, 7) is 2.44. The van der Waals surface area contributed by atoms with Gasteiger partial charge in [0.2, 0.25) is 0 Å². The van der Waals surface area contributed by atoms with Gasteiger partial charge in [0.15, 0.2) is 0 Å². The van der Waals surface area contributed by atoms with Crippen LogP contribution < -0.4 is 0 Å². The molecule has 7 aromatic rings. The molecule has 1 atom stereocenters. The molecule has 0 saturated carbocycles. The number of pyridine rings is 1. The zero-order valence-corrected chi connectivity index (χ0v) is 28.5. The second-order valence-electron chi connectivity index (χ2n) is 14.8. The summed E-state index contributed by atoms with van der Waals surface area (Å²) in [5.41, 5.74) is 18.7. The van der Waals surface area contributed by atoms with Crippen molar-refractivity contribution in [3.8, 4) is 22.3 Å². The van der Waals surface area contributed by atoms with Gasteiger partial charge in [-0.05, 0) is 96.5 Å². The maximum atomic E-state index is 4.70. The maximum Gasteiger partial charge on any atom is 0.0722 e. The van der Waals surface area contributed by atoms with E-state index in [0.717, 1.165) is 12.1 Å². The molecular weight excluding hydrogens is 615 g/mol. The van der Waals surface area contributed by atoms with Gasteiger partial charge in [-0.3, -0.25) is 4.98 Å². The highest BCUT2D eigenvalue weighted by Gasteiger charge is 2.60. The Kier molecular flexibility index (Phi) is 5.78. The molecule has 4 aliphatic rings. The number of hydrogen-bond acceptors (Lipinski definition) is 1. The summed E-state index contributed by atoms with van der Waals surface area (Å²) >= 11 is 0. The van der Waals surface area contributed by atoms with Gasteiger partial charge in [0, 0.05) is 11.6 Å². The van der Waals surface area contributed by atoms with E-state index in [1.807, 2.05) is 12.3 Å². The van der Waals surface area contributed by atoms with Gasteiger partial charge < -0.3 is 0 Å². The molecule has 240 valence electrons. The lowest BCUT2D eigenvalue weighted by Crippen LogP contribution is -2.45. The molecule has 0 amide bonds. The second kappa shape index (κ2) is 10.2. The summed E-state index contributed by atoms with van der Waals surface area (Å²) in [7, 11) is 0. The highest BCUT2D eigenvalue weighted by Crippen LogP contribution is 2.68. The van der Waals surface area contributed by atoms with Crippen LogP contribution in [0.15, 0.2) is 182 Å². The Hall–Kier alpha value is -6.05. The van der Waals surface area contributed by atoms with E-state index in [0.29, 0.717) is 0 Å². The van der Waals surface area contributed by atoms with Gasteiger partial charge in [0.05, 0.1) is 16.5 Å². The lowest BCUT2D eigenvalue weighted by molar-refractivity contribution is 0.558. The largest absolute Gasteiger partial charge is 0.256 e. The predicted octanol–water partition coefficient (Wildman–Crippen LogP) is 11.4. The molecule has 0 aliphatic heterocycles. The molecule has 1 aromatic heterocycles. The first-order chi connectivity index (χ1) is 25.2. The first kappa shape index (κ1) is 28.8. The third kappa shape index (κ3) is 3.49. The summed E-state index contributed by atoms with van der Waals surface area (Å²) in [5.74, 6) is 0. The maximum absolute atomic E-state index is 4.70. The Labute approximate surface area is 299 Å². The molecular formula is C50H35N. The van der Waals surface area contributed by atoms with Crippen LogP contribution in [-0.2, 0) is 16.2 Å². The summed E-state index contributed by atoms with van der Waals surface area (Å²) in [4.78, 5) is 4.70. The normalized spacial score (nSPS) is 19.0. The average molecular weight is 650 g/mol. The van der Waals surface area contributed by atoms with Crippen LogP contribution in [0.5, 0.6) is 0 Å². The average Bonchev–Trinajstić information content (AvgIpc) is 3.66. The standard InChI is InChI=1S/C50H35N/c1-48(30-28-33(29-31-48)46-27-12-13-32-51-46)44-25-14-26-45-47(44)50(40-21-8-4-17-36(40)37-18-5-9-22-41(37)50)43-24-11-10-23-42(43)49(45)38-19-6-2-15-34(38)35-16-3-7-20-39(35)49/h2-30,32H,31H2,1H3. The number of benzene rings is 6. The zero-order chi connectivity index (χ0) is 33.8. The van der Waals surface area contributed by atoms with Crippen LogP contribution >= 0.6 is 0 Å². The van der Waals surface area contributed by atoms with Crippen LogP contribution in [0, 0.1) is 0 Å². The fourth-order valence-electron chi connectivity index (χ4n) is 10.4. The van der Waals surface area contributed by atoms with E-state index in [1.54, 1.807) is 0 Å². The molecule has 0 N–H and O–H groups in total. The lowest BCUT2D eigenvalue weighted by atomic mass is 9.50. The molecule has 0 saturated heterocycles. The van der Waals surface area contributed by atoms with Crippen molar-refractivity contribution >= 4 is 5.57 Å². The minimum atomic E-state index is -0.505. The molecule has 1 heteroatoms. The Balaban J connectivity index is 1.31. The molecule has 0 fully saturated rings. The molecule has 51 heavy (non-hydrogen) atoms. The number of rotatable bonds is 2. The summed E-state index contributed by atoms with van der Waals surface area (Å²) in [6, 6.07) is 59.5. The number of nitrogens with zero attached hydrogens (tertiary/aromatic N) is 1. The van der Waals surface area contributed by atoms with Gasteiger partial charge in [0.25, 0.3) is 0 Å². The van der Waals surface area contributed by atoms with Crippen LogP contribution in [0.4, 0.5) is 0 Å². The van der Waals surface area contributed by atoms with E-state index in [-0.39, 0.29) is 5.41 Å². The third-order valence-corrected chi connectivity index (χ3v) is 12.4. The lowest BCUT2D eigenvalue weighted by Gasteiger charge is -2.51. The van der Waals surface area contributed by atoms with E-state index in [4.69, 9.17) is 4.98 Å². The van der Waals surface area contributed by atoms with E-state index < -0.39 is 10.8 Å². The van der Waals surface area contributed by atoms with Crippen molar-refractivity contribution in [3.05, 3.63) is 238 Å². The highest BCUT2D eigenvalue weighted by atomic mass is 14.7. The van der Waals surface area contributed by atoms with Gasteiger partial charge in [-0.25, -0.2) is 0 Å². The monoisotopic (exact) mass is 649 g/mol. The van der Waals surface area contributed by atoms with Gasteiger partial charge in [-0.1, -0.05) is 171 Å². The minimum absolute atomic E-state index is 0.256. The van der Waals surface area contributed by atoms with Gasteiger partial charge in [0.1, 0.15) is 0 Å². The Morgan fingerprint density at radius 2 is 0.882 bits per heavy atom. The van der Waals surface area contributed by atoms with Crippen molar-refractivity contribution in [3.63, 3.8) is 0 Å². The molecule has 0 radical (unpaired) electrons. The predicted molar refractivity (Wildman–Crippen MR) is 208 cm³/mol. The quantitative estimate of drug-likeness (QED) is 0.182. The summed E-state index contributed by atoms with van der Waals surface area (Å²) in [6.07, 6.45) is 9.93. The summed E-state index contributed by atoms with van der Waals surface area (Å²) in [5, 5.41) is 0. The van der Waals surface area contributed by atoms with Crippen molar-refractivity contribution < 1.29 is 0 Å². The molecule has 1 heterocycles. The van der Waals surface area contributed by atoms with E-state index >= 15 is 0 Å². The van der Waals surface area contributed by atoms with Crippen molar-refractivity contribution in [2.45, 2.75) is 29.6 Å². The molecule has 6 aromatic carbocycles. The number of allylic oxidation sites excluding steroid dienone is 4. The molecule has 1 unspecified atom stereocenters. The van der Waals surface area contributed by atoms with E-state index in [9.17, 15) is 0 Å². The zero-order valence-electron chi connectivity index (χ0n) is 28.5. The Morgan fingerprint density at radius 1 is 0.431 bits per heavy atom. The van der Waals surface area contributed by atoms with Crippen molar-refractivity contribution in [1.82, 2.24) is 4.98 Å². The third-order valence-electron chi connectivity index (χ3n) is 12.4. The smallest absolute Gasteiger partial charge is 0.0722 e. The van der Waals surface area contributed by atoms with Crippen LogP contribution in [-0.4, -0.2) is 4.98 Å². The highest BCUT2D eigenvalue weighted by molar-refractivity contribution is 5.94. The number of fused-ring (bicyclic) bond motifs is 16.